The number of aromatic nitrogens is 3. The lowest BCUT2D eigenvalue weighted by Crippen LogP contribution is -2.01. The lowest BCUT2D eigenvalue weighted by molar-refractivity contribution is 0.103. The maximum absolute atomic E-state index is 12.3. The van der Waals surface area contributed by atoms with Gasteiger partial charge in [-0.05, 0) is 18.6 Å². The molecular weight excluding hydrogens is 330 g/mol. The van der Waals surface area contributed by atoms with Crippen molar-refractivity contribution >= 4 is 18.4 Å². The number of thiol groups is 1. The minimum Gasteiger partial charge on any atom is -0.287 e. The predicted molar refractivity (Wildman–Crippen MR) is 105 cm³/mol. The van der Waals surface area contributed by atoms with Crippen molar-refractivity contribution in [1.82, 2.24) is 15.0 Å². The molecule has 5 heteroatoms. The zero-order valence-electron chi connectivity index (χ0n) is 14.9. The molecule has 25 heavy (non-hydrogen) atoms. The van der Waals surface area contributed by atoms with Crippen LogP contribution in [-0.2, 0) is 6.54 Å². The van der Waals surface area contributed by atoms with Crippen molar-refractivity contribution in [3.63, 3.8) is 0 Å². The molecule has 1 aromatic carbocycles. The lowest BCUT2D eigenvalue weighted by atomic mass is 10.1. The van der Waals surface area contributed by atoms with E-state index in [0.717, 1.165) is 18.7 Å². The average Bonchev–Trinajstić information content (AvgIpc) is 3.12. The Morgan fingerprint density at radius 1 is 0.880 bits per heavy atom. The predicted octanol–water partition coefficient (Wildman–Crippen LogP) is 4.95. The quantitative estimate of drug-likeness (QED) is 0.313. The van der Waals surface area contributed by atoms with Crippen LogP contribution in [0.15, 0.2) is 36.5 Å². The van der Waals surface area contributed by atoms with E-state index in [1.807, 2.05) is 18.2 Å². The first kappa shape index (κ1) is 19.7. The molecule has 0 bridgehead atoms. The number of hydrogen-bond acceptors (Lipinski definition) is 4. The Hall–Kier alpha value is -1.62. The van der Waals surface area contributed by atoms with Crippen LogP contribution in [0, 0.1) is 0 Å². The van der Waals surface area contributed by atoms with Crippen LogP contribution in [0.2, 0.25) is 0 Å². The van der Waals surface area contributed by atoms with E-state index in [0.29, 0.717) is 11.3 Å². The molecule has 0 unspecified atom stereocenters. The zero-order chi connectivity index (χ0) is 17.7. The summed E-state index contributed by atoms with van der Waals surface area (Å²) in [7, 11) is 0. The number of carbonyl (C=O) groups is 1. The maximum atomic E-state index is 12.3. The molecule has 2 aromatic rings. The van der Waals surface area contributed by atoms with Gasteiger partial charge < -0.3 is 0 Å². The van der Waals surface area contributed by atoms with Gasteiger partial charge in [-0.1, -0.05) is 80.5 Å². The number of benzene rings is 1. The molecule has 0 aliphatic rings. The Bertz CT molecular complexity index is 612. The number of rotatable bonds is 13. The van der Waals surface area contributed by atoms with Crippen molar-refractivity contribution in [1.29, 1.82) is 0 Å². The first-order chi connectivity index (χ1) is 12.3. The number of nitrogens with zero attached hydrogens (tertiary/aromatic N) is 3. The summed E-state index contributed by atoms with van der Waals surface area (Å²) in [6.07, 6.45) is 13.2. The topological polar surface area (TPSA) is 47.8 Å². The number of hydrogen-bond donors (Lipinski definition) is 1. The average molecular weight is 360 g/mol. The largest absolute Gasteiger partial charge is 0.287 e. The third kappa shape index (κ3) is 7.43. The molecule has 0 saturated heterocycles. The van der Waals surface area contributed by atoms with Crippen LogP contribution < -0.4 is 0 Å². The summed E-state index contributed by atoms with van der Waals surface area (Å²) in [5, 5.41) is 8.09. The highest BCUT2D eigenvalue weighted by atomic mass is 32.1. The molecule has 0 saturated carbocycles. The van der Waals surface area contributed by atoms with E-state index in [1.165, 1.54) is 51.4 Å². The van der Waals surface area contributed by atoms with E-state index < -0.39 is 0 Å². The molecule has 1 aromatic heterocycles. The summed E-state index contributed by atoms with van der Waals surface area (Å²) in [6.45, 7) is 0.830. The van der Waals surface area contributed by atoms with Crippen molar-refractivity contribution in [3.05, 3.63) is 47.8 Å². The van der Waals surface area contributed by atoms with Gasteiger partial charge in [-0.2, -0.15) is 12.6 Å². The van der Waals surface area contributed by atoms with E-state index in [2.05, 4.69) is 22.9 Å². The third-order valence-electron chi connectivity index (χ3n) is 4.35. The molecule has 2 rings (SSSR count). The molecular formula is C20H29N3OS. The van der Waals surface area contributed by atoms with E-state index in [9.17, 15) is 4.79 Å². The van der Waals surface area contributed by atoms with Crippen molar-refractivity contribution in [3.8, 4) is 0 Å². The van der Waals surface area contributed by atoms with Crippen molar-refractivity contribution < 1.29 is 4.79 Å². The zero-order valence-corrected chi connectivity index (χ0v) is 15.8. The fourth-order valence-electron chi connectivity index (χ4n) is 2.87. The normalized spacial score (nSPS) is 10.9. The summed E-state index contributed by atoms with van der Waals surface area (Å²) in [5.41, 5.74) is 1.08. The second-order valence-corrected chi connectivity index (χ2v) is 6.91. The van der Waals surface area contributed by atoms with Crippen LogP contribution in [-0.4, -0.2) is 26.5 Å². The Balaban J connectivity index is 1.58. The van der Waals surface area contributed by atoms with E-state index in [-0.39, 0.29) is 5.78 Å². The molecule has 0 radical (unpaired) electrons. The highest BCUT2D eigenvalue weighted by molar-refractivity contribution is 7.80. The second kappa shape index (κ2) is 11.9. The Morgan fingerprint density at radius 3 is 2.12 bits per heavy atom. The minimum atomic E-state index is -0.0650. The van der Waals surface area contributed by atoms with Crippen molar-refractivity contribution in [2.24, 2.45) is 0 Å². The summed E-state index contributed by atoms with van der Waals surface area (Å²) >= 11 is 4.23. The van der Waals surface area contributed by atoms with Gasteiger partial charge in [-0.15, -0.1) is 5.10 Å². The first-order valence-electron chi connectivity index (χ1n) is 9.42. The molecule has 0 atom stereocenters. The Morgan fingerprint density at radius 2 is 1.48 bits per heavy atom. The second-order valence-electron chi connectivity index (χ2n) is 6.47. The summed E-state index contributed by atoms with van der Waals surface area (Å²) in [4.78, 5) is 12.3. The van der Waals surface area contributed by atoms with Crippen LogP contribution in [0.3, 0.4) is 0 Å². The third-order valence-corrected chi connectivity index (χ3v) is 4.67. The maximum Gasteiger partial charge on any atom is 0.214 e. The molecule has 0 amide bonds. The highest BCUT2D eigenvalue weighted by Gasteiger charge is 2.12. The molecule has 0 spiro atoms. The fraction of sp³-hybridized carbons (Fsp3) is 0.550. The molecule has 136 valence electrons. The number of ketones is 1. The van der Waals surface area contributed by atoms with Crippen LogP contribution in [0.1, 0.15) is 73.8 Å². The minimum absolute atomic E-state index is 0.0650. The Labute approximate surface area is 156 Å². The summed E-state index contributed by atoms with van der Waals surface area (Å²) in [5.74, 6) is 0.950. The van der Waals surface area contributed by atoms with Crippen LogP contribution >= 0.6 is 12.6 Å². The smallest absolute Gasteiger partial charge is 0.214 e. The molecule has 0 aliphatic heterocycles. The number of unbranched alkanes of at least 4 members (excludes halogenated alkanes) is 8. The Kier molecular flexibility index (Phi) is 9.34. The van der Waals surface area contributed by atoms with Gasteiger partial charge in [-0.25, -0.2) is 0 Å². The fourth-order valence-corrected chi connectivity index (χ4v) is 3.10. The van der Waals surface area contributed by atoms with Crippen LogP contribution in [0.25, 0.3) is 0 Å². The summed E-state index contributed by atoms with van der Waals surface area (Å²) < 4.78 is 1.79. The molecule has 0 N–H and O–H groups in total. The molecule has 0 aliphatic carbocycles. The van der Waals surface area contributed by atoms with Crippen LogP contribution in [0.5, 0.6) is 0 Å². The van der Waals surface area contributed by atoms with Gasteiger partial charge in [-0.3, -0.25) is 9.48 Å². The van der Waals surface area contributed by atoms with Gasteiger partial charge in [0.15, 0.2) is 5.69 Å². The standard InChI is InChI=1S/C20H29N3OS/c24-20(18-13-9-8-10-14-18)19-17-23(22-21-19)15-11-6-4-2-1-3-5-7-12-16-25/h8-10,13-14,17,25H,1-7,11-12,15-16H2. The monoisotopic (exact) mass is 359 g/mol. The van der Waals surface area contributed by atoms with E-state index in [4.69, 9.17) is 0 Å². The molecule has 0 fully saturated rings. The first-order valence-corrected chi connectivity index (χ1v) is 10.1. The van der Waals surface area contributed by atoms with Gasteiger partial charge >= 0.3 is 0 Å². The van der Waals surface area contributed by atoms with Gasteiger partial charge in [0.1, 0.15) is 0 Å². The highest BCUT2D eigenvalue weighted by Crippen LogP contribution is 2.11. The van der Waals surface area contributed by atoms with Gasteiger partial charge in [0.2, 0.25) is 5.78 Å². The van der Waals surface area contributed by atoms with E-state index >= 15 is 0 Å². The number of aryl methyl sites for hydroxylation is 1. The lowest BCUT2D eigenvalue weighted by Gasteiger charge is -2.02. The summed E-state index contributed by atoms with van der Waals surface area (Å²) in [6, 6.07) is 9.23. The van der Waals surface area contributed by atoms with Gasteiger partial charge in [0.05, 0.1) is 6.20 Å². The SMILES string of the molecule is O=C(c1ccccc1)c1cn(CCCCCCCCCCCS)nn1. The van der Waals surface area contributed by atoms with Crippen molar-refractivity contribution in [2.45, 2.75) is 64.3 Å². The molecule has 1 heterocycles. The van der Waals surface area contributed by atoms with Gasteiger partial charge in [0.25, 0.3) is 0 Å². The number of carbonyl (C=O) groups excluding carboxylic acids is 1. The molecule has 4 nitrogen and oxygen atoms in total. The van der Waals surface area contributed by atoms with Gasteiger partial charge in [0, 0.05) is 12.1 Å². The van der Waals surface area contributed by atoms with E-state index in [1.54, 1.807) is 23.0 Å². The van der Waals surface area contributed by atoms with Crippen LogP contribution in [0.4, 0.5) is 0 Å². The van der Waals surface area contributed by atoms with Crippen molar-refractivity contribution in [2.75, 3.05) is 5.75 Å².